The number of amides is 2. The maximum atomic E-state index is 11.6. The highest BCUT2D eigenvalue weighted by atomic mass is 16.2. The molecule has 0 saturated heterocycles. The van der Waals surface area contributed by atoms with E-state index in [4.69, 9.17) is 5.73 Å². The van der Waals surface area contributed by atoms with Gasteiger partial charge in [-0.15, -0.1) is 0 Å². The summed E-state index contributed by atoms with van der Waals surface area (Å²) < 4.78 is 0. The number of nitrogens with two attached hydrogens (primary N) is 1. The minimum atomic E-state index is -0.777. The predicted octanol–water partition coefficient (Wildman–Crippen LogP) is 0.618. The SMILES string of the molecule is CCC(C)C(=O)C(=O)N[C@H](C(N)=O)[C@@H](C)CC. The summed E-state index contributed by atoms with van der Waals surface area (Å²) in [6.45, 7) is 7.22. The van der Waals surface area contributed by atoms with Gasteiger partial charge in [-0.1, -0.05) is 34.1 Å². The average molecular weight is 242 g/mol. The first kappa shape index (κ1) is 15.6. The van der Waals surface area contributed by atoms with Gasteiger partial charge in [0.15, 0.2) is 0 Å². The number of ketones is 1. The van der Waals surface area contributed by atoms with Crippen molar-refractivity contribution in [3.05, 3.63) is 0 Å². The molecule has 0 aromatic rings. The third-order valence-corrected chi connectivity index (χ3v) is 3.09. The third kappa shape index (κ3) is 4.54. The third-order valence-electron chi connectivity index (χ3n) is 3.09. The molecule has 0 aliphatic rings. The summed E-state index contributed by atoms with van der Waals surface area (Å²) in [4.78, 5) is 34.4. The second-order valence-electron chi connectivity index (χ2n) is 4.41. The Morgan fingerprint density at radius 3 is 2.00 bits per heavy atom. The van der Waals surface area contributed by atoms with Gasteiger partial charge in [0.1, 0.15) is 6.04 Å². The highest BCUT2D eigenvalue weighted by Gasteiger charge is 2.27. The van der Waals surface area contributed by atoms with Crippen molar-refractivity contribution in [3.63, 3.8) is 0 Å². The molecule has 0 fully saturated rings. The van der Waals surface area contributed by atoms with Gasteiger partial charge >= 0.3 is 0 Å². The highest BCUT2D eigenvalue weighted by molar-refractivity contribution is 6.37. The average Bonchev–Trinajstić information content (AvgIpc) is 2.32. The molecule has 0 rings (SSSR count). The molecule has 0 spiro atoms. The van der Waals surface area contributed by atoms with Crippen LogP contribution in [0.2, 0.25) is 0 Å². The summed E-state index contributed by atoms with van der Waals surface area (Å²) >= 11 is 0. The maximum Gasteiger partial charge on any atom is 0.288 e. The van der Waals surface area contributed by atoms with Crippen LogP contribution in [0.1, 0.15) is 40.5 Å². The zero-order valence-corrected chi connectivity index (χ0v) is 10.9. The number of carbonyl (C=O) groups is 3. The fourth-order valence-electron chi connectivity index (χ4n) is 1.35. The molecule has 5 heteroatoms. The second-order valence-corrected chi connectivity index (χ2v) is 4.41. The predicted molar refractivity (Wildman–Crippen MR) is 65.0 cm³/mol. The molecule has 0 radical (unpaired) electrons. The highest BCUT2D eigenvalue weighted by Crippen LogP contribution is 2.08. The molecule has 0 heterocycles. The molecular weight excluding hydrogens is 220 g/mol. The fraction of sp³-hybridized carbons (Fsp3) is 0.750. The Kier molecular flexibility index (Phi) is 6.46. The van der Waals surface area contributed by atoms with Crippen molar-refractivity contribution in [3.8, 4) is 0 Å². The summed E-state index contributed by atoms with van der Waals surface area (Å²) in [6.07, 6.45) is 1.29. The molecule has 0 saturated carbocycles. The van der Waals surface area contributed by atoms with E-state index in [-0.39, 0.29) is 11.8 Å². The minimum Gasteiger partial charge on any atom is -0.368 e. The zero-order valence-electron chi connectivity index (χ0n) is 10.9. The van der Waals surface area contributed by atoms with Crippen LogP contribution < -0.4 is 11.1 Å². The van der Waals surface area contributed by atoms with Crippen LogP contribution in [0.15, 0.2) is 0 Å². The number of nitrogens with one attached hydrogen (secondary N) is 1. The summed E-state index contributed by atoms with van der Waals surface area (Å²) in [5.74, 6) is -2.24. The lowest BCUT2D eigenvalue weighted by molar-refractivity contribution is -0.141. The van der Waals surface area contributed by atoms with Crippen LogP contribution in [0.5, 0.6) is 0 Å². The molecule has 1 unspecified atom stereocenters. The standard InChI is InChI=1S/C12H22N2O3/c1-5-7(3)9(11(13)16)14-12(17)10(15)8(4)6-2/h7-9H,5-6H2,1-4H3,(H2,13,16)(H,14,17)/t7-,8?,9-/m0/s1. The largest absolute Gasteiger partial charge is 0.368 e. The van der Waals surface area contributed by atoms with Crippen LogP contribution in [0, 0.1) is 11.8 Å². The van der Waals surface area contributed by atoms with Gasteiger partial charge in [0.05, 0.1) is 0 Å². The van der Waals surface area contributed by atoms with E-state index in [1.54, 1.807) is 6.92 Å². The van der Waals surface area contributed by atoms with Crippen molar-refractivity contribution in [1.29, 1.82) is 0 Å². The van der Waals surface area contributed by atoms with Gasteiger partial charge in [-0.2, -0.15) is 0 Å². The summed E-state index contributed by atoms with van der Waals surface area (Å²) in [7, 11) is 0. The molecule has 17 heavy (non-hydrogen) atoms. The topological polar surface area (TPSA) is 89.3 Å². The zero-order chi connectivity index (χ0) is 13.6. The van der Waals surface area contributed by atoms with Gasteiger partial charge < -0.3 is 11.1 Å². The Labute approximate surface area is 102 Å². The van der Waals surface area contributed by atoms with E-state index in [1.165, 1.54) is 0 Å². The van der Waals surface area contributed by atoms with Crippen LogP contribution in [0.25, 0.3) is 0 Å². The van der Waals surface area contributed by atoms with Gasteiger partial charge in [0.25, 0.3) is 5.91 Å². The number of Topliss-reactive ketones (excluding diaryl/α,β-unsaturated/α-hetero) is 1. The van der Waals surface area contributed by atoms with Crippen LogP contribution >= 0.6 is 0 Å². The Hall–Kier alpha value is -1.39. The smallest absolute Gasteiger partial charge is 0.288 e. The van der Waals surface area contributed by atoms with E-state index in [0.29, 0.717) is 12.8 Å². The van der Waals surface area contributed by atoms with Crippen LogP contribution in [0.4, 0.5) is 0 Å². The number of hydrogen-bond acceptors (Lipinski definition) is 3. The van der Waals surface area contributed by atoms with Gasteiger partial charge in [-0.05, 0) is 12.3 Å². The first-order valence-electron chi connectivity index (χ1n) is 5.99. The van der Waals surface area contributed by atoms with Gasteiger partial charge in [-0.3, -0.25) is 14.4 Å². The number of primary amides is 1. The van der Waals surface area contributed by atoms with Crippen molar-refractivity contribution in [2.45, 2.75) is 46.6 Å². The van der Waals surface area contributed by atoms with Gasteiger partial charge in [-0.25, -0.2) is 0 Å². The molecule has 0 bridgehead atoms. The van der Waals surface area contributed by atoms with Crippen molar-refractivity contribution in [2.24, 2.45) is 17.6 Å². The molecule has 2 amide bonds. The lowest BCUT2D eigenvalue weighted by atomic mass is 9.97. The first-order valence-corrected chi connectivity index (χ1v) is 5.99. The van der Waals surface area contributed by atoms with Crippen molar-refractivity contribution >= 4 is 17.6 Å². The van der Waals surface area contributed by atoms with E-state index >= 15 is 0 Å². The van der Waals surface area contributed by atoms with E-state index < -0.39 is 23.6 Å². The van der Waals surface area contributed by atoms with Crippen LogP contribution in [-0.2, 0) is 14.4 Å². The van der Waals surface area contributed by atoms with Crippen molar-refractivity contribution in [2.75, 3.05) is 0 Å². The summed E-state index contributed by atoms with van der Waals surface area (Å²) in [5.41, 5.74) is 5.21. The minimum absolute atomic E-state index is 0.0822. The number of hydrogen-bond donors (Lipinski definition) is 2. The Balaban J connectivity index is 4.62. The molecule has 5 nitrogen and oxygen atoms in total. The Morgan fingerprint density at radius 1 is 1.12 bits per heavy atom. The Morgan fingerprint density at radius 2 is 1.65 bits per heavy atom. The maximum absolute atomic E-state index is 11.6. The molecule has 3 atom stereocenters. The molecule has 0 aromatic carbocycles. The molecular formula is C12H22N2O3. The van der Waals surface area contributed by atoms with Gasteiger partial charge in [0.2, 0.25) is 11.7 Å². The summed E-state index contributed by atoms with van der Waals surface area (Å²) in [5, 5.41) is 2.42. The first-order chi connectivity index (χ1) is 7.84. The Bertz CT molecular complexity index is 302. The molecule has 0 aliphatic carbocycles. The molecule has 0 aliphatic heterocycles. The normalized spacial score (nSPS) is 15.8. The van der Waals surface area contributed by atoms with E-state index in [1.807, 2.05) is 20.8 Å². The number of rotatable bonds is 7. The van der Waals surface area contributed by atoms with Crippen LogP contribution in [-0.4, -0.2) is 23.6 Å². The lowest BCUT2D eigenvalue weighted by Crippen LogP contribution is -2.51. The molecule has 3 N–H and O–H groups in total. The number of carbonyl (C=O) groups excluding carboxylic acids is 3. The van der Waals surface area contributed by atoms with Crippen molar-refractivity contribution < 1.29 is 14.4 Å². The lowest BCUT2D eigenvalue weighted by Gasteiger charge is -2.21. The second kappa shape index (κ2) is 7.04. The van der Waals surface area contributed by atoms with E-state index in [2.05, 4.69) is 5.32 Å². The van der Waals surface area contributed by atoms with E-state index in [0.717, 1.165) is 0 Å². The quantitative estimate of drug-likeness (QED) is 0.641. The van der Waals surface area contributed by atoms with Crippen molar-refractivity contribution in [1.82, 2.24) is 5.32 Å². The van der Waals surface area contributed by atoms with Gasteiger partial charge in [0, 0.05) is 5.92 Å². The monoisotopic (exact) mass is 242 g/mol. The fourth-order valence-corrected chi connectivity index (χ4v) is 1.35. The molecule has 0 aromatic heterocycles. The van der Waals surface area contributed by atoms with Crippen LogP contribution in [0.3, 0.4) is 0 Å². The van der Waals surface area contributed by atoms with E-state index in [9.17, 15) is 14.4 Å². The molecule has 98 valence electrons. The summed E-state index contributed by atoms with van der Waals surface area (Å²) in [6, 6.07) is -0.777.